The highest BCUT2D eigenvalue weighted by atomic mass is 32.1. The molecular formula is C50H60FN7O8S2. The number of nitrogens with one attached hydrogen (secondary N) is 2. The van der Waals surface area contributed by atoms with Crippen molar-refractivity contribution in [2.45, 2.75) is 104 Å². The topological polar surface area (TPSA) is 167 Å². The number of aliphatic hydroxyl groups is 1. The van der Waals surface area contributed by atoms with E-state index in [2.05, 4.69) is 20.5 Å². The van der Waals surface area contributed by atoms with Gasteiger partial charge in [0.1, 0.15) is 24.2 Å². The summed E-state index contributed by atoms with van der Waals surface area (Å²) in [5.41, 5.74) is 5.03. The number of aliphatic hydroxyl groups excluding tert-OH is 1. The lowest BCUT2D eigenvalue weighted by Gasteiger charge is -2.35. The second-order valence-electron chi connectivity index (χ2n) is 18.5. The smallest absolute Gasteiger partial charge is 0.259 e. The van der Waals surface area contributed by atoms with Gasteiger partial charge >= 0.3 is 0 Å². The lowest BCUT2D eigenvalue weighted by Crippen LogP contribution is -2.58. The van der Waals surface area contributed by atoms with Crippen LogP contribution >= 0.6 is 23.6 Å². The zero-order valence-electron chi connectivity index (χ0n) is 39.6. The van der Waals surface area contributed by atoms with E-state index >= 15 is 4.39 Å². The minimum atomic E-state index is -1.09. The number of β-amino-alcohol motifs (C(OH)–C–C–N with tert-alkyl or cyclic N) is 1. The zero-order chi connectivity index (χ0) is 49.3. The second-order valence-corrected chi connectivity index (χ2v) is 19.8. The zero-order valence-corrected chi connectivity index (χ0v) is 41.2. The third-order valence-corrected chi connectivity index (χ3v) is 13.2. The van der Waals surface area contributed by atoms with Crippen LogP contribution in [0.5, 0.6) is 5.75 Å². The number of amides is 4. The number of ether oxygens (including phenoxy) is 3. The number of likely N-dealkylation sites (tertiary alicyclic amines) is 1. The predicted molar refractivity (Wildman–Crippen MR) is 263 cm³/mol. The number of nitrogens with zero attached hydrogens (tertiary/aromatic N) is 5. The fraction of sp³-hybridized carbons (Fsp3) is 0.460. The van der Waals surface area contributed by atoms with Crippen molar-refractivity contribution in [1.82, 2.24) is 20.5 Å². The monoisotopic (exact) mass is 969 g/mol. The Hall–Kier alpha value is -5.84. The summed E-state index contributed by atoms with van der Waals surface area (Å²) in [4.78, 5) is 67.2. The van der Waals surface area contributed by atoms with Crippen LogP contribution in [0.4, 0.5) is 21.5 Å². The van der Waals surface area contributed by atoms with Gasteiger partial charge in [-0.1, -0.05) is 51.1 Å². The Morgan fingerprint density at radius 1 is 1.00 bits per heavy atom. The number of aryl methyl sites for hydroxylation is 2. The Morgan fingerprint density at radius 3 is 2.35 bits per heavy atom. The van der Waals surface area contributed by atoms with E-state index in [1.165, 1.54) is 21.9 Å². The van der Waals surface area contributed by atoms with Crippen LogP contribution in [-0.4, -0.2) is 107 Å². The van der Waals surface area contributed by atoms with Crippen molar-refractivity contribution in [3.63, 3.8) is 0 Å². The van der Waals surface area contributed by atoms with Crippen LogP contribution in [0, 0.1) is 31.7 Å². The van der Waals surface area contributed by atoms with E-state index in [4.69, 9.17) is 33.0 Å². The first-order chi connectivity index (χ1) is 32.3. The Bertz CT molecular complexity index is 2520. The van der Waals surface area contributed by atoms with Crippen LogP contribution in [0.25, 0.3) is 15.3 Å². The maximum absolute atomic E-state index is 15.3. The highest BCUT2D eigenvalue weighted by molar-refractivity contribution is 7.81. The van der Waals surface area contributed by atoms with E-state index in [0.29, 0.717) is 55.1 Å². The van der Waals surface area contributed by atoms with Gasteiger partial charge in [-0.05, 0) is 106 Å². The molecule has 0 spiro atoms. The number of hydrogen-bond acceptors (Lipinski definition) is 11. The number of unbranched alkanes of at least 4 members (excludes halogenated alkanes) is 1. The number of anilines is 2. The third-order valence-electron chi connectivity index (χ3n) is 11.9. The molecule has 2 saturated heterocycles. The lowest BCUT2D eigenvalue weighted by molar-refractivity contribution is -0.144. The number of thiazole rings is 1. The van der Waals surface area contributed by atoms with Crippen LogP contribution in [0.2, 0.25) is 0 Å². The molecule has 0 aliphatic carbocycles. The highest BCUT2D eigenvalue weighted by Gasteiger charge is 2.50. The van der Waals surface area contributed by atoms with E-state index in [-0.39, 0.29) is 62.0 Å². The highest BCUT2D eigenvalue weighted by Crippen LogP contribution is 2.39. The first-order valence-electron chi connectivity index (χ1n) is 22.6. The number of thiocarbonyl (C=S) groups is 1. The van der Waals surface area contributed by atoms with Crippen LogP contribution in [0.3, 0.4) is 0 Å². The molecule has 18 heteroatoms. The second kappa shape index (κ2) is 22.5. The average Bonchev–Trinajstić information content (AvgIpc) is 3.96. The summed E-state index contributed by atoms with van der Waals surface area (Å²) < 4.78 is 32.3. The molecule has 3 aromatic carbocycles. The van der Waals surface area contributed by atoms with Crippen LogP contribution in [-0.2, 0) is 35.2 Å². The summed E-state index contributed by atoms with van der Waals surface area (Å²) in [6.07, 6.45) is 0.995. The van der Waals surface area contributed by atoms with Gasteiger partial charge in [0.25, 0.3) is 5.91 Å². The molecule has 0 radical (unpaired) electrons. The van der Waals surface area contributed by atoms with Gasteiger partial charge in [-0.25, -0.2) is 14.2 Å². The summed E-state index contributed by atoms with van der Waals surface area (Å²) in [6.45, 7) is 21.3. The normalized spacial score (nSPS) is 17.3. The van der Waals surface area contributed by atoms with Crippen molar-refractivity contribution < 1.29 is 42.9 Å². The molecule has 0 bridgehead atoms. The van der Waals surface area contributed by atoms with Gasteiger partial charge in [0.05, 0.1) is 35.4 Å². The molecule has 2 fully saturated rings. The quantitative estimate of drug-likeness (QED) is 0.0458. The fourth-order valence-electron chi connectivity index (χ4n) is 8.11. The standard InChI is InChI=1S/C50H60FN7O8S2/c1-31-24-35(16-18-39(31)52-8)57-47(63)50(6,7)58(48(57)67)36-17-19-41(38(51)25-36)66-23-10-9-20-64-21-11-22-65-29-42(60)55-44(49(3,4)5)46(62)56-28-37(59)26-40(56)45(61)53-27-33-12-14-34(15-13-33)43-32(2)54-30-68-43/h12-19,24-25,30,37,40,44,59H,9-11,20-23,26-29H2,1-7H3,(H,53,61)(H,55,60)/t37-,40+,44-/m1/s1. The number of rotatable bonds is 20. The number of aromatic nitrogens is 1. The summed E-state index contributed by atoms with van der Waals surface area (Å²) in [6, 6.07) is 15.5. The largest absolute Gasteiger partial charge is 0.491 e. The van der Waals surface area contributed by atoms with Gasteiger partial charge in [0.15, 0.2) is 22.4 Å². The SMILES string of the molecule is [C-]#[N+]c1ccc(N2C(=O)C(C)(C)N(c3ccc(OCCCCOCCCOCC(=O)N[C@H](C(=O)N4C[C@H](O)C[C@H]4C(=O)NCc4ccc(-c5scnc5C)cc4)C(C)(C)C)c(F)c3)C2=S)cc1C. The number of carbonyl (C=O) groups excluding carboxylic acids is 4. The molecule has 3 atom stereocenters. The molecule has 3 heterocycles. The van der Waals surface area contributed by atoms with Gasteiger partial charge in [0.2, 0.25) is 17.7 Å². The third kappa shape index (κ3) is 12.2. The first kappa shape index (κ1) is 51.5. The van der Waals surface area contributed by atoms with Crippen molar-refractivity contribution >= 4 is 69.4 Å². The molecule has 4 aromatic rings. The molecule has 3 N–H and O–H groups in total. The van der Waals surface area contributed by atoms with Crippen molar-refractivity contribution in [2.24, 2.45) is 5.41 Å². The summed E-state index contributed by atoms with van der Waals surface area (Å²) in [5, 5.41) is 16.5. The van der Waals surface area contributed by atoms with Crippen LogP contribution < -0.4 is 25.2 Å². The van der Waals surface area contributed by atoms with Crippen molar-refractivity contribution in [1.29, 1.82) is 0 Å². The lowest BCUT2D eigenvalue weighted by atomic mass is 9.85. The molecule has 68 heavy (non-hydrogen) atoms. The molecule has 2 aliphatic heterocycles. The predicted octanol–water partition coefficient (Wildman–Crippen LogP) is 7.42. The summed E-state index contributed by atoms with van der Waals surface area (Å²) in [5.74, 6) is -2.11. The van der Waals surface area contributed by atoms with Gasteiger partial charge in [-0.2, -0.15) is 0 Å². The summed E-state index contributed by atoms with van der Waals surface area (Å²) in [7, 11) is 0. The number of benzene rings is 3. The maximum Gasteiger partial charge on any atom is 0.259 e. The average molecular weight is 970 g/mol. The Morgan fingerprint density at radius 2 is 1.69 bits per heavy atom. The molecule has 1 aromatic heterocycles. The van der Waals surface area contributed by atoms with Crippen LogP contribution in [0.1, 0.15) is 77.1 Å². The molecule has 0 unspecified atom stereocenters. The van der Waals surface area contributed by atoms with Gasteiger partial charge in [0, 0.05) is 56.8 Å². The van der Waals surface area contributed by atoms with Gasteiger partial charge in [-0.3, -0.25) is 24.1 Å². The molecule has 2 aliphatic rings. The molecule has 15 nitrogen and oxygen atoms in total. The Balaban J connectivity index is 0.868. The molecule has 362 valence electrons. The first-order valence-corrected chi connectivity index (χ1v) is 23.9. The number of carbonyl (C=O) groups is 4. The molecule has 0 saturated carbocycles. The van der Waals surface area contributed by atoms with Crippen molar-refractivity contribution in [2.75, 3.05) is 49.4 Å². The van der Waals surface area contributed by atoms with E-state index in [9.17, 15) is 24.3 Å². The minimum absolute atomic E-state index is 0.0274. The minimum Gasteiger partial charge on any atom is -0.491 e. The maximum atomic E-state index is 15.3. The van der Waals surface area contributed by atoms with E-state index in [0.717, 1.165) is 21.7 Å². The number of halogens is 1. The van der Waals surface area contributed by atoms with Crippen LogP contribution in [0.15, 0.2) is 66.2 Å². The molecule has 6 rings (SSSR count). The fourth-order valence-corrected chi connectivity index (χ4v) is 9.44. The molecular weight excluding hydrogens is 910 g/mol. The Kier molecular flexibility index (Phi) is 17.1. The summed E-state index contributed by atoms with van der Waals surface area (Å²) >= 11 is 7.30. The van der Waals surface area contributed by atoms with Gasteiger partial charge < -0.3 is 39.8 Å². The number of hydrogen-bond donors (Lipinski definition) is 3. The van der Waals surface area contributed by atoms with Gasteiger partial charge in [-0.15, -0.1) is 11.3 Å². The van der Waals surface area contributed by atoms with E-state index in [1.807, 2.05) is 52.0 Å². The van der Waals surface area contributed by atoms with Crippen molar-refractivity contribution in [3.05, 3.63) is 100 Å². The van der Waals surface area contributed by atoms with E-state index in [1.54, 1.807) is 66.8 Å². The van der Waals surface area contributed by atoms with E-state index < -0.39 is 46.8 Å². The Labute approximate surface area is 406 Å². The molecule has 4 amide bonds. The van der Waals surface area contributed by atoms with Crippen molar-refractivity contribution in [3.8, 4) is 16.2 Å².